The summed E-state index contributed by atoms with van der Waals surface area (Å²) in [6.45, 7) is 7.25. The van der Waals surface area contributed by atoms with E-state index in [-0.39, 0.29) is 5.91 Å². The highest BCUT2D eigenvalue weighted by Crippen LogP contribution is 2.09. The molecule has 19 heavy (non-hydrogen) atoms. The van der Waals surface area contributed by atoms with E-state index in [0.717, 1.165) is 31.5 Å². The van der Waals surface area contributed by atoms with Crippen LogP contribution < -0.4 is 5.32 Å². The highest BCUT2D eigenvalue weighted by atomic mass is 35.5. The summed E-state index contributed by atoms with van der Waals surface area (Å²) in [5.41, 5.74) is 1.07. The van der Waals surface area contributed by atoms with Crippen molar-refractivity contribution in [2.45, 2.75) is 33.2 Å². The first-order chi connectivity index (χ1) is 9.15. The minimum atomic E-state index is 0.0804. The van der Waals surface area contributed by atoms with Gasteiger partial charge in [-0.2, -0.15) is 0 Å². The van der Waals surface area contributed by atoms with Crippen LogP contribution in [0.3, 0.4) is 0 Å². The summed E-state index contributed by atoms with van der Waals surface area (Å²) in [5.74, 6) is 0.0804. The van der Waals surface area contributed by atoms with Gasteiger partial charge in [0.2, 0.25) is 5.91 Å². The molecular weight excluding hydrogens is 260 g/mol. The van der Waals surface area contributed by atoms with E-state index in [2.05, 4.69) is 24.1 Å². The fourth-order valence-electron chi connectivity index (χ4n) is 1.96. The lowest BCUT2D eigenvalue weighted by Crippen LogP contribution is -2.37. The van der Waals surface area contributed by atoms with Crippen LogP contribution in [0, 0.1) is 0 Å². The summed E-state index contributed by atoms with van der Waals surface area (Å²) >= 11 is 5.82. The Hall–Kier alpha value is -1.06. The van der Waals surface area contributed by atoms with E-state index in [1.54, 1.807) is 0 Å². The van der Waals surface area contributed by atoms with E-state index >= 15 is 0 Å². The van der Waals surface area contributed by atoms with Crippen molar-refractivity contribution in [2.24, 2.45) is 0 Å². The number of nitrogens with zero attached hydrogens (tertiary/aromatic N) is 1. The number of hydrogen-bond acceptors (Lipinski definition) is 2. The average Bonchev–Trinajstić information content (AvgIpc) is 2.39. The largest absolute Gasteiger partial charge is 0.351 e. The van der Waals surface area contributed by atoms with Crippen LogP contribution in [-0.4, -0.2) is 30.4 Å². The van der Waals surface area contributed by atoms with Gasteiger partial charge in [-0.15, -0.1) is 0 Å². The summed E-state index contributed by atoms with van der Waals surface area (Å²) in [5, 5.41) is 3.66. The zero-order chi connectivity index (χ0) is 14.1. The Kier molecular flexibility index (Phi) is 7.53. The molecule has 0 bridgehead atoms. The van der Waals surface area contributed by atoms with Gasteiger partial charge in [-0.3, -0.25) is 9.69 Å². The highest BCUT2D eigenvalue weighted by molar-refractivity contribution is 6.30. The van der Waals surface area contributed by atoms with Crippen molar-refractivity contribution < 1.29 is 4.79 Å². The fourth-order valence-corrected chi connectivity index (χ4v) is 2.09. The van der Waals surface area contributed by atoms with E-state index in [1.165, 1.54) is 0 Å². The first kappa shape index (κ1) is 16.0. The molecule has 0 atom stereocenters. The van der Waals surface area contributed by atoms with Gasteiger partial charge in [0.15, 0.2) is 0 Å². The van der Waals surface area contributed by atoms with Crippen LogP contribution in [0.5, 0.6) is 0 Å². The Bertz CT molecular complexity index is 372. The number of halogens is 1. The first-order valence-electron chi connectivity index (χ1n) is 6.89. The zero-order valence-electron chi connectivity index (χ0n) is 11.8. The molecule has 1 aromatic carbocycles. The molecule has 106 valence electrons. The van der Waals surface area contributed by atoms with Crippen molar-refractivity contribution in [3.05, 3.63) is 34.9 Å². The van der Waals surface area contributed by atoms with Crippen LogP contribution in [0.1, 0.15) is 32.3 Å². The van der Waals surface area contributed by atoms with Crippen molar-refractivity contribution in [3.8, 4) is 0 Å². The lowest BCUT2D eigenvalue weighted by Gasteiger charge is -2.20. The standard InChI is InChI=1S/C15H23ClN2O/c1-3-9-18(10-4-2)12-15(19)17-11-13-5-7-14(16)8-6-13/h5-8H,3-4,9-12H2,1-2H3,(H,17,19). The second-order valence-electron chi connectivity index (χ2n) is 4.68. The number of carbonyl (C=O) groups excluding carboxylic acids is 1. The Labute approximate surface area is 120 Å². The molecule has 1 rings (SSSR count). The second-order valence-corrected chi connectivity index (χ2v) is 5.12. The quantitative estimate of drug-likeness (QED) is 0.795. The molecule has 4 heteroatoms. The molecule has 0 saturated carbocycles. The summed E-state index contributed by atoms with van der Waals surface area (Å²) in [6, 6.07) is 7.53. The number of hydrogen-bond donors (Lipinski definition) is 1. The monoisotopic (exact) mass is 282 g/mol. The summed E-state index contributed by atoms with van der Waals surface area (Å²) < 4.78 is 0. The van der Waals surface area contributed by atoms with Crippen LogP contribution >= 0.6 is 11.6 Å². The SMILES string of the molecule is CCCN(CCC)CC(=O)NCc1ccc(Cl)cc1. The topological polar surface area (TPSA) is 32.3 Å². The summed E-state index contributed by atoms with van der Waals surface area (Å²) in [6.07, 6.45) is 2.15. The van der Waals surface area contributed by atoms with Gasteiger partial charge in [0, 0.05) is 11.6 Å². The van der Waals surface area contributed by atoms with Gasteiger partial charge in [0.05, 0.1) is 6.54 Å². The second kappa shape index (κ2) is 8.94. The fraction of sp³-hybridized carbons (Fsp3) is 0.533. The molecule has 0 radical (unpaired) electrons. The van der Waals surface area contributed by atoms with Crippen molar-refractivity contribution >= 4 is 17.5 Å². The van der Waals surface area contributed by atoms with Crippen molar-refractivity contribution in [1.29, 1.82) is 0 Å². The predicted molar refractivity (Wildman–Crippen MR) is 80.3 cm³/mol. The molecule has 1 aromatic rings. The van der Waals surface area contributed by atoms with Gasteiger partial charge in [0.25, 0.3) is 0 Å². The van der Waals surface area contributed by atoms with E-state index in [9.17, 15) is 4.79 Å². The molecule has 0 fully saturated rings. The normalized spacial score (nSPS) is 10.7. The van der Waals surface area contributed by atoms with E-state index in [1.807, 2.05) is 24.3 Å². The Morgan fingerprint density at radius 2 is 1.74 bits per heavy atom. The highest BCUT2D eigenvalue weighted by Gasteiger charge is 2.08. The van der Waals surface area contributed by atoms with Gasteiger partial charge in [0.1, 0.15) is 0 Å². The number of benzene rings is 1. The maximum atomic E-state index is 11.9. The summed E-state index contributed by atoms with van der Waals surface area (Å²) in [7, 11) is 0. The van der Waals surface area contributed by atoms with Crippen LogP contribution in [0.2, 0.25) is 5.02 Å². The van der Waals surface area contributed by atoms with Crippen molar-refractivity contribution in [2.75, 3.05) is 19.6 Å². The third-order valence-corrected chi connectivity index (χ3v) is 3.10. The predicted octanol–water partition coefficient (Wildman–Crippen LogP) is 3.08. The lowest BCUT2D eigenvalue weighted by atomic mass is 10.2. The molecule has 0 aliphatic heterocycles. The van der Waals surface area contributed by atoms with Crippen LogP contribution in [0.25, 0.3) is 0 Å². The van der Waals surface area contributed by atoms with Crippen molar-refractivity contribution in [3.63, 3.8) is 0 Å². The molecule has 1 amide bonds. The van der Waals surface area contributed by atoms with Crippen LogP contribution in [-0.2, 0) is 11.3 Å². The van der Waals surface area contributed by atoms with Gasteiger partial charge in [-0.1, -0.05) is 37.6 Å². The summed E-state index contributed by atoms with van der Waals surface area (Å²) in [4.78, 5) is 14.1. The Morgan fingerprint density at radius 3 is 2.26 bits per heavy atom. The molecule has 3 nitrogen and oxygen atoms in total. The molecule has 0 unspecified atom stereocenters. The average molecular weight is 283 g/mol. The van der Waals surface area contributed by atoms with E-state index < -0.39 is 0 Å². The third kappa shape index (κ3) is 6.60. The Balaban J connectivity index is 2.35. The molecule has 0 aliphatic rings. The number of nitrogens with one attached hydrogen (secondary N) is 1. The number of carbonyl (C=O) groups is 1. The van der Waals surface area contributed by atoms with Gasteiger partial charge in [-0.25, -0.2) is 0 Å². The van der Waals surface area contributed by atoms with Crippen molar-refractivity contribution in [1.82, 2.24) is 10.2 Å². The molecule has 0 spiro atoms. The molecule has 1 N–H and O–H groups in total. The molecule has 0 heterocycles. The molecule has 0 aliphatic carbocycles. The number of amides is 1. The van der Waals surface area contributed by atoms with E-state index in [0.29, 0.717) is 18.1 Å². The molecule has 0 aromatic heterocycles. The van der Waals surface area contributed by atoms with Gasteiger partial charge < -0.3 is 5.32 Å². The maximum absolute atomic E-state index is 11.9. The zero-order valence-corrected chi connectivity index (χ0v) is 12.5. The smallest absolute Gasteiger partial charge is 0.234 e. The first-order valence-corrected chi connectivity index (χ1v) is 7.27. The molecule has 0 saturated heterocycles. The van der Waals surface area contributed by atoms with Crippen LogP contribution in [0.4, 0.5) is 0 Å². The minimum absolute atomic E-state index is 0.0804. The van der Waals surface area contributed by atoms with E-state index in [4.69, 9.17) is 11.6 Å². The number of rotatable bonds is 8. The van der Waals surface area contributed by atoms with Crippen LogP contribution in [0.15, 0.2) is 24.3 Å². The third-order valence-electron chi connectivity index (χ3n) is 2.85. The minimum Gasteiger partial charge on any atom is -0.351 e. The lowest BCUT2D eigenvalue weighted by molar-refractivity contribution is -0.122. The van der Waals surface area contributed by atoms with Gasteiger partial charge in [-0.05, 0) is 43.6 Å². The molecular formula is C15H23ClN2O. The maximum Gasteiger partial charge on any atom is 0.234 e. The van der Waals surface area contributed by atoms with Gasteiger partial charge >= 0.3 is 0 Å². The Morgan fingerprint density at radius 1 is 1.16 bits per heavy atom.